The van der Waals surface area contributed by atoms with E-state index in [1.165, 1.54) is 13.0 Å². The lowest BCUT2D eigenvalue weighted by atomic mass is 9.80. The van der Waals surface area contributed by atoms with Crippen LogP contribution in [0.4, 0.5) is 0 Å². The predicted molar refractivity (Wildman–Crippen MR) is 80.8 cm³/mol. The van der Waals surface area contributed by atoms with Gasteiger partial charge in [-0.3, -0.25) is 20.2 Å². The van der Waals surface area contributed by atoms with Crippen molar-refractivity contribution >= 4 is 21.9 Å². The lowest BCUT2D eigenvalue weighted by molar-refractivity contribution is -0.571. The van der Waals surface area contributed by atoms with Crippen LogP contribution < -0.4 is 0 Å². The van der Waals surface area contributed by atoms with E-state index in [1.807, 2.05) is 0 Å². The Kier molecular flexibility index (Phi) is 5.98. The van der Waals surface area contributed by atoms with Crippen molar-refractivity contribution in [3.05, 3.63) is 54.5 Å². The van der Waals surface area contributed by atoms with E-state index in [-0.39, 0.29) is 6.61 Å². The molecule has 8 nitrogen and oxygen atoms in total. The number of benzene rings is 1. The molecular formula is C13H15BrN2O6. The third-order valence-corrected chi connectivity index (χ3v) is 4.08. The summed E-state index contributed by atoms with van der Waals surface area (Å²) in [4.78, 5) is 33.1. The first kappa shape index (κ1) is 18.0. The minimum atomic E-state index is -2.26. The zero-order valence-electron chi connectivity index (χ0n) is 12.0. The van der Waals surface area contributed by atoms with Crippen LogP contribution in [-0.2, 0) is 9.53 Å². The number of carbonyl (C=O) groups excluding carboxylic acids is 1. The van der Waals surface area contributed by atoms with Crippen LogP contribution in [0.3, 0.4) is 0 Å². The van der Waals surface area contributed by atoms with E-state index in [2.05, 4.69) is 15.9 Å². The number of rotatable bonds is 7. The van der Waals surface area contributed by atoms with Crippen LogP contribution in [0.2, 0.25) is 0 Å². The molecule has 120 valence electrons. The summed E-state index contributed by atoms with van der Waals surface area (Å²) in [6.45, 7) is 1.75. The van der Waals surface area contributed by atoms with E-state index in [0.29, 0.717) is 10.0 Å². The third-order valence-electron chi connectivity index (χ3n) is 3.36. The van der Waals surface area contributed by atoms with Crippen LogP contribution >= 0.6 is 15.9 Å². The lowest BCUT2D eigenvalue weighted by Gasteiger charge is -2.26. The summed E-state index contributed by atoms with van der Waals surface area (Å²) in [5, 5.41) is 22.5. The highest BCUT2D eigenvalue weighted by atomic mass is 79.9. The van der Waals surface area contributed by atoms with E-state index in [0.717, 1.165) is 6.92 Å². The number of hydrogen-bond donors (Lipinski definition) is 0. The number of esters is 1. The number of nitrogens with zero attached hydrogens (tertiary/aromatic N) is 2. The zero-order chi connectivity index (χ0) is 16.9. The standard InChI is InChI=1S/C13H15BrN2O6/c1-3-22-12(17)13(2,16(20)21)10(8-15(18)19)9-6-4-5-7-11(9)14/h4-7,10H,3,8H2,1-2H3/t10-,13+/m1/s1. The molecule has 0 heterocycles. The highest BCUT2D eigenvalue weighted by Crippen LogP contribution is 2.36. The molecule has 0 aliphatic heterocycles. The van der Waals surface area contributed by atoms with Gasteiger partial charge in [0.2, 0.25) is 6.54 Å². The van der Waals surface area contributed by atoms with Gasteiger partial charge in [-0.15, -0.1) is 0 Å². The van der Waals surface area contributed by atoms with Crippen molar-refractivity contribution in [2.24, 2.45) is 0 Å². The Hall–Kier alpha value is -2.03. The molecule has 1 rings (SSSR count). The fourth-order valence-electron chi connectivity index (χ4n) is 2.11. The van der Waals surface area contributed by atoms with Crippen molar-refractivity contribution < 1.29 is 19.4 Å². The van der Waals surface area contributed by atoms with Gasteiger partial charge < -0.3 is 4.74 Å². The van der Waals surface area contributed by atoms with Gasteiger partial charge in [-0.1, -0.05) is 34.1 Å². The average Bonchev–Trinajstić information content (AvgIpc) is 2.44. The number of carbonyl (C=O) groups is 1. The van der Waals surface area contributed by atoms with Crippen molar-refractivity contribution in [1.29, 1.82) is 0 Å². The van der Waals surface area contributed by atoms with Crippen LogP contribution in [0, 0.1) is 20.2 Å². The zero-order valence-corrected chi connectivity index (χ0v) is 13.6. The molecule has 0 amide bonds. The van der Waals surface area contributed by atoms with Crippen molar-refractivity contribution in [2.45, 2.75) is 25.3 Å². The van der Waals surface area contributed by atoms with Gasteiger partial charge in [-0.25, -0.2) is 4.79 Å². The monoisotopic (exact) mass is 374 g/mol. The molecular weight excluding hydrogens is 360 g/mol. The maximum Gasteiger partial charge on any atom is 0.385 e. The van der Waals surface area contributed by atoms with Gasteiger partial charge in [0.1, 0.15) is 5.92 Å². The third kappa shape index (κ3) is 3.59. The van der Waals surface area contributed by atoms with Gasteiger partial charge in [0, 0.05) is 21.2 Å². The van der Waals surface area contributed by atoms with Crippen LogP contribution in [0.5, 0.6) is 0 Å². The van der Waals surface area contributed by atoms with E-state index >= 15 is 0 Å². The van der Waals surface area contributed by atoms with E-state index in [9.17, 15) is 25.0 Å². The molecule has 0 N–H and O–H groups in total. The molecule has 0 fully saturated rings. The van der Waals surface area contributed by atoms with Crippen molar-refractivity contribution in [1.82, 2.24) is 0 Å². The van der Waals surface area contributed by atoms with E-state index in [1.54, 1.807) is 18.2 Å². The summed E-state index contributed by atoms with van der Waals surface area (Å²) in [7, 11) is 0. The molecule has 1 aromatic rings. The highest BCUT2D eigenvalue weighted by molar-refractivity contribution is 9.10. The normalized spacial score (nSPS) is 14.7. The second kappa shape index (κ2) is 7.30. The molecule has 0 spiro atoms. The fraction of sp³-hybridized carbons (Fsp3) is 0.462. The van der Waals surface area contributed by atoms with Crippen molar-refractivity contribution in [3.63, 3.8) is 0 Å². The SMILES string of the molecule is CCOC(=O)[C@](C)([C@H](C[N+](=O)[O-])c1ccccc1Br)[N+](=O)[O-]. The van der Waals surface area contributed by atoms with Gasteiger partial charge in [-0.05, 0) is 18.6 Å². The Labute approximate surface area is 134 Å². The molecule has 0 unspecified atom stereocenters. The topological polar surface area (TPSA) is 113 Å². The van der Waals surface area contributed by atoms with Crippen LogP contribution in [-0.4, -0.2) is 34.5 Å². The summed E-state index contributed by atoms with van der Waals surface area (Å²) >= 11 is 3.22. The summed E-state index contributed by atoms with van der Waals surface area (Å²) < 4.78 is 5.23. The van der Waals surface area contributed by atoms with Crippen LogP contribution in [0.1, 0.15) is 25.3 Å². The predicted octanol–water partition coefficient (Wildman–Crippen LogP) is 2.41. The quantitative estimate of drug-likeness (QED) is 0.411. The van der Waals surface area contributed by atoms with Gasteiger partial charge in [0.05, 0.1) is 6.61 Å². The lowest BCUT2D eigenvalue weighted by Crippen LogP contribution is -2.51. The largest absolute Gasteiger partial charge is 0.461 e. The molecule has 22 heavy (non-hydrogen) atoms. The van der Waals surface area contributed by atoms with Gasteiger partial charge >= 0.3 is 11.5 Å². The van der Waals surface area contributed by atoms with Crippen molar-refractivity contribution in [3.8, 4) is 0 Å². The molecule has 2 atom stereocenters. The summed E-state index contributed by atoms with van der Waals surface area (Å²) in [6.07, 6.45) is 0. The average molecular weight is 375 g/mol. The van der Waals surface area contributed by atoms with Crippen LogP contribution in [0.25, 0.3) is 0 Å². The van der Waals surface area contributed by atoms with Gasteiger partial charge in [0.15, 0.2) is 0 Å². The van der Waals surface area contributed by atoms with E-state index < -0.39 is 33.8 Å². The van der Waals surface area contributed by atoms with Crippen molar-refractivity contribution in [2.75, 3.05) is 13.2 Å². The maximum absolute atomic E-state index is 12.1. The molecule has 0 saturated heterocycles. The number of hydrogen-bond acceptors (Lipinski definition) is 6. The second-order valence-electron chi connectivity index (χ2n) is 4.71. The molecule has 0 radical (unpaired) electrons. The second-order valence-corrected chi connectivity index (χ2v) is 5.57. The van der Waals surface area contributed by atoms with Crippen LogP contribution in [0.15, 0.2) is 28.7 Å². The minimum Gasteiger partial charge on any atom is -0.461 e. The Morgan fingerprint density at radius 2 is 1.95 bits per heavy atom. The highest BCUT2D eigenvalue weighted by Gasteiger charge is 2.57. The first-order chi connectivity index (χ1) is 10.2. The number of ether oxygens (including phenoxy) is 1. The fourth-order valence-corrected chi connectivity index (χ4v) is 2.67. The molecule has 1 aromatic carbocycles. The Morgan fingerprint density at radius 3 is 2.41 bits per heavy atom. The number of nitro groups is 2. The molecule has 0 saturated carbocycles. The first-order valence-corrected chi connectivity index (χ1v) is 7.22. The van der Waals surface area contributed by atoms with E-state index in [4.69, 9.17) is 4.74 Å². The van der Waals surface area contributed by atoms with Gasteiger partial charge in [0.25, 0.3) is 0 Å². The minimum absolute atomic E-state index is 0.0522. The molecule has 0 aromatic heterocycles. The smallest absolute Gasteiger partial charge is 0.385 e. The molecule has 9 heteroatoms. The molecule has 0 aliphatic carbocycles. The molecule has 0 aliphatic rings. The molecule has 0 bridgehead atoms. The Balaban J connectivity index is 3.46. The Bertz CT molecular complexity index is 594. The summed E-state index contributed by atoms with van der Waals surface area (Å²) in [5.74, 6) is -2.37. The number of halogens is 1. The summed E-state index contributed by atoms with van der Waals surface area (Å²) in [5.41, 5.74) is -1.95. The Morgan fingerprint density at radius 1 is 1.36 bits per heavy atom. The van der Waals surface area contributed by atoms with Gasteiger partial charge in [-0.2, -0.15) is 0 Å². The first-order valence-electron chi connectivity index (χ1n) is 6.43. The maximum atomic E-state index is 12.1. The summed E-state index contributed by atoms with van der Waals surface area (Å²) in [6, 6.07) is 6.39.